The number of anilines is 1. The monoisotopic (exact) mass is 218 g/mol. The molecule has 16 heavy (non-hydrogen) atoms. The molecular weight excluding hydrogens is 212 g/mol. The summed E-state index contributed by atoms with van der Waals surface area (Å²) in [6.07, 6.45) is 0.432. The third kappa shape index (κ3) is 0.855. The van der Waals surface area contributed by atoms with E-state index in [1.54, 1.807) is 12.1 Å². The van der Waals surface area contributed by atoms with Crippen LogP contribution < -0.4 is 15.9 Å². The largest absolute Gasteiger partial charge is 0.478 e. The summed E-state index contributed by atoms with van der Waals surface area (Å²) in [7, 11) is 0. The Morgan fingerprint density at radius 1 is 1.25 bits per heavy atom. The van der Waals surface area contributed by atoms with E-state index in [4.69, 9.17) is 10.2 Å². The highest BCUT2D eigenvalue weighted by Crippen LogP contribution is 2.20. The summed E-state index contributed by atoms with van der Waals surface area (Å²) in [5.74, 6) is -1.01. The number of nitrogens with one attached hydrogen (secondary N) is 1. The van der Waals surface area contributed by atoms with Gasteiger partial charge in [0.25, 0.3) is 0 Å². The Bertz CT molecular complexity index is 662. The van der Waals surface area contributed by atoms with Gasteiger partial charge in [-0.2, -0.15) is 5.01 Å². The number of amides is 1. The van der Waals surface area contributed by atoms with Gasteiger partial charge in [-0.1, -0.05) is 0 Å². The normalized spacial score (nSPS) is 14.8. The van der Waals surface area contributed by atoms with Crippen LogP contribution >= 0.6 is 0 Å². The lowest BCUT2D eigenvalue weighted by molar-refractivity contribution is 0.0695. The van der Waals surface area contributed by atoms with Gasteiger partial charge in [0.1, 0.15) is 0 Å². The van der Waals surface area contributed by atoms with E-state index in [9.17, 15) is 9.59 Å². The van der Waals surface area contributed by atoms with Gasteiger partial charge in [-0.3, -0.25) is 5.43 Å². The van der Waals surface area contributed by atoms with Gasteiger partial charge in [0.2, 0.25) is 0 Å². The van der Waals surface area contributed by atoms with Gasteiger partial charge in [-0.05, 0) is 18.2 Å². The van der Waals surface area contributed by atoms with Crippen molar-refractivity contribution < 1.29 is 19.8 Å². The summed E-state index contributed by atoms with van der Waals surface area (Å²) in [6, 6.07) is 3.03. The molecule has 1 aliphatic heterocycles. The minimum absolute atomic E-state index is 0.191. The molecule has 3 N–H and O–H groups in total. The van der Waals surface area contributed by atoms with Gasteiger partial charge in [-0.25, -0.2) is 9.59 Å². The number of hydrazine groups is 1. The van der Waals surface area contributed by atoms with Crippen LogP contribution in [0.15, 0.2) is 12.1 Å². The zero-order valence-electron chi connectivity index (χ0n) is 7.89. The maximum Gasteiger partial charge on any atom is 0.430 e. The topological polar surface area (TPSA) is 89.9 Å². The van der Waals surface area contributed by atoms with Crippen molar-refractivity contribution in [2.75, 3.05) is 5.43 Å². The van der Waals surface area contributed by atoms with Crippen LogP contribution in [0.4, 0.5) is 10.5 Å². The summed E-state index contributed by atoms with van der Waals surface area (Å²) < 4.78 is 0. The number of carboxylic acids is 1. The number of rotatable bonds is 1. The fourth-order valence-electron chi connectivity index (χ4n) is 1.96. The van der Waals surface area contributed by atoms with Crippen molar-refractivity contribution in [3.8, 4) is 0 Å². The van der Waals surface area contributed by atoms with Crippen molar-refractivity contribution in [2.45, 2.75) is 0 Å². The van der Waals surface area contributed by atoms with Gasteiger partial charge in [-0.15, -0.1) is 0 Å². The Morgan fingerprint density at radius 2 is 2.00 bits per heavy atom. The summed E-state index contributed by atoms with van der Waals surface area (Å²) in [5.41, 5.74) is 3.99. The Morgan fingerprint density at radius 3 is 2.62 bits per heavy atom. The Balaban J connectivity index is 2.25. The minimum atomic E-state index is -1.12. The maximum absolute atomic E-state index is 10.9. The summed E-state index contributed by atoms with van der Waals surface area (Å²) in [4.78, 5) is 21.7. The van der Waals surface area contributed by atoms with E-state index in [0.29, 0.717) is 21.8 Å². The van der Waals surface area contributed by atoms with Crippen LogP contribution in [0.5, 0.6) is 0 Å². The Hall–Kier alpha value is -2.50. The molecule has 6 heteroatoms. The summed E-state index contributed by atoms with van der Waals surface area (Å²) in [6.45, 7) is 0. The average molecular weight is 218 g/mol. The first-order valence-corrected chi connectivity index (χ1v) is 4.51. The second kappa shape index (κ2) is 2.54. The van der Waals surface area contributed by atoms with Crippen molar-refractivity contribution in [2.24, 2.45) is 0 Å². The summed E-state index contributed by atoms with van der Waals surface area (Å²) in [5, 5.41) is 20.0. The molecule has 0 saturated carbocycles. The molecule has 0 unspecified atom stereocenters. The molecule has 3 rings (SSSR count). The van der Waals surface area contributed by atoms with Crippen LogP contribution in [0.1, 0.15) is 10.4 Å². The van der Waals surface area contributed by atoms with Gasteiger partial charge in [0.15, 0.2) is 0 Å². The van der Waals surface area contributed by atoms with Crippen LogP contribution in [-0.2, 0) is 0 Å². The molecule has 0 fully saturated rings. The fourth-order valence-corrected chi connectivity index (χ4v) is 1.96. The van der Waals surface area contributed by atoms with Crippen LogP contribution in [0, 0.1) is 0 Å². The molecule has 1 amide bonds. The number of carboxylic acid groups (broad SMARTS) is 2. The fraction of sp³-hybridized carbons (Fsp3) is 0. The zero-order chi connectivity index (χ0) is 11.4. The van der Waals surface area contributed by atoms with E-state index >= 15 is 0 Å². The lowest BCUT2D eigenvalue weighted by atomic mass is 10.00. The van der Waals surface area contributed by atoms with E-state index in [0.717, 1.165) is 5.01 Å². The molecule has 0 aromatic heterocycles. The highest BCUT2D eigenvalue weighted by atomic mass is 16.4. The first kappa shape index (κ1) is 8.78. The molecule has 0 saturated heterocycles. The molecule has 80 valence electrons. The summed E-state index contributed by atoms with van der Waals surface area (Å²) >= 11 is 0. The highest BCUT2D eigenvalue weighted by Gasteiger charge is 2.30. The SMILES string of the molecule is O=C(O)c1ccc2c3c1=CC=3N(C(=O)O)N2. The van der Waals surface area contributed by atoms with Crippen molar-refractivity contribution in [1.29, 1.82) is 0 Å². The van der Waals surface area contributed by atoms with Crippen molar-refractivity contribution in [3.05, 3.63) is 28.1 Å². The number of aromatic carboxylic acids is 1. The van der Waals surface area contributed by atoms with Crippen LogP contribution in [-0.4, -0.2) is 27.3 Å². The molecule has 0 spiro atoms. The lowest BCUT2D eigenvalue weighted by Crippen LogP contribution is -2.40. The van der Waals surface area contributed by atoms with Crippen molar-refractivity contribution in [1.82, 2.24) is 5.01 Å². The lowest BCUT2D eigenvalue weighted by Gasteiger charge is -2.15. The number of nitrogens with zero attached hydrogens (tertiary/aromatic N) is 1. The van der Waals surface area contributed by atoms with E-state index in [1.807, 2.05) is 0 Å². The Kier molecular flexibility index (Phi) is 1.40. The molecule has 2 aliphatic rings. The van der Waals surface area contributed by atoms with Crippen LogP contribution in [0.3, 0.4) is 0 Å². The van der Waals surface area contributed by atoms with Crippen LogP contribution in [0.2, 0.25) is 0 Å². The first-order valence-electron chi connectivity index (χ1n) is 4.51. The third-order valence-electron chi connectivity index (χ3n) is 2.68. The minimum Gasteiger partial charge on any atom is -0.478 e. The molecule has 1 aromatic carbocycles. The quantitative estimate of drug-likeness (QED) is 0.597. The van der Waals surface area contributed by atoms with Gasteiger partial charge < -0.3 is 10.2 Å². The highest BCUT2D eigenvalue weighted by molar-refractivity contribution is 6.00. The standard InChI is InChI=1S/C10H6N2O4/c13-9(14)4-1-2-6-8-5(4)3-7(8)12(11-6)10(15)16/h1-3,11H,(H,13,14)(H,15,16). The van der Waals surface area contributed by atoms with E-state index < -0.39 is 12.1 Å². The number of hydrogen-bond donors (Lipinski definition) is 3. The molecule has 6 nitrogen and oxygen atoms in total. The number of hydrogen-bond acceptors (Lipinski definition) is 3. The molecule has 1 aliphatic carbocycles. The van der Waals surface area contributed by atoms with E-state index in [1.165, 1.54) is 6.07 Å². The first-order chi connectivity index (χ1) is 7.59. The molecule has 1 heterocycles. The number of carbonyl (C=O) groups is 2. The average Bonchev–Trinajstić information content (AvgIpc) is 2.50. The molecule has 1 aromatic rings. The van der Waals surface area contributed by atoms with Crippen LogP contribution in [0.25, 0.3) is 11.8 Å². The second-order valence-corrected chi connectivity index (χ2v) is 3.51. The predicted octanol–water partition coefficient (Wildman–Crippen LogP) is -0.392. The molecule has 0 radical (unpaired) electrons. The van der Waals surface area contributed by atoms with E-state index in [-0.39, 0.29) is 5.56 Å². The van der Waals surface area contributed by atoms with Gasteiger partial charge >= 0.3 is 12.1 Å². The van der Waals surface area contributed by atoms with Gasteiger partial charge in [0, 0.05) is 10.4 Å². The molecule has 0 atom stereocenters. The smallest absolute Gasteiger partial charge is 0.430 e. The molecular formula is C10H6N2O4. The second-order valence-electron chi connectivity index (χ2n) is 3.51. The van der Waals surface area contributed by atoms with Gasteiger partial charge in [0.05, 0.1) is 16.9 Å². The third-order valence-corrected chi connectivity index (χ3v) is 2.68. The zero-order valence-corrected chi connectivity index (χ0v) is 7.89. The van der Waals surface area contributed by atoms with Crippen molar-refractivity contribution >= 4 is 29.5 Å². The number of benzene rings is 1. The predicted molar refractivity (Wildman–Crippen MR) is 54.0 cm³/mol. The van der Waals surface area contributed by atoms with Crippen molar-refractivity contribution in [3.63, 3.8) is 0 Å². The van der Waals surface area contributed by atoms with E-state index in [2.05, 4.69) is 5.43 Å². The Labute approximate surface area is 88.7 Å². The molecule has 0 bridgehead atoms. The maximum atomic E-state index is 10.9.